The molecule has 3 N–H and O–H groups in total. The van der Waals surface area contributed by atoms with Crippen LogP contribution >= 0.6 is 11.3 Å². The van der Waals surface area contributed by atoms with Crippen molar-refractivity contribution < 1.29 is 14.3 Å². The number of aromatic nitrogens is 1. The van der Waals surface area contributed by atoms with Gasteiger partial charge in [-0.05, 0) is 48.9 Å². The van der Waals surface area contributed by atoms with Crippen LogP contribution in [0.4, 0.5) is 5.69 Å². The lowest BCUT2D eigenvalue weighted by Crippen LogP contribution is -2.48. The smallest absolute Gasteiger partial charge is 0.251 e. The van der Waals surface area contributed by atoms with E-state index in [0.29, 0.717) is 25.1 Å². The third kappa shape index (κ3) is 7.41. The molecule has 1 heterocycles. The fraction of sp³-hybridized carbons (Fsp3) is 0.207. The van der Waals surface area contributed by atoms with Crippen molar-refractivity contribution in [1.29, 1.82) is 0 Å². The molecule has 4 aromatic rings. The summed E-state index contributed by atoms with van der Waals surface area (Å²) in [5.41, 5.74) is 4.08. The molecule has 0 bridgehead atoms. The quantitative estimate of drug-likeness (QED) is 0.253. The summed E-state index contributed by atoms with van der Waals surface area (Å²) in [5.74, 6) is 0.242. The highest BCUT2D eigenvalue weighted by molar-refractivity contribution is 7.09. The number of hydrogen-bond donors (Lipinski definition) is 3. The fourth-order valence-corrected chi connectivity index (χ4v) is 4.46. The molecule has 3 aromatic carbocycles. The number of carbonyl (C=O) groups is 2. The van der Waals surface area contributed by atoms with E-state index in [2.05, 4.69) is 20.9 Å². The van der Waals surface area contributed by atoms with Crippen molar-refractivity contribution in [1.82, 2.24) is 15.6 Å². The monoisotopic (exact) mass is 514 g/mol. The van der Waals surface area contributed by atoms with E-state index in [1.807, 2.05) is 79.0 Å². The Hall–Kier alpha value is -4.17. The highest BCUT2D eigenvalue weighted by Gasteiger charge is 2.22. The molecular weight excluding hydrogens is 484 g/mol. The number of methoxy groups -OCH3 is 1. The summed E-state index contributed by atoms with van der Waals surface area (Å²) < 4.78 is 5.17. The Morgan fingerprint density at radius 3 is 2.46 bits per heavy atom. The average Bonchev–Trinajstić information content (AvgIpc) is 3.38. The number of rotatable bonds is 11. The topological polar surface area (TPSA) is 92.4 Å². The maximum Gasteiger partial charge on any atom is 0.251 e. The van der Waals surface area contributed by atoms with Crippen LogP contribution < -0.4 is 20.7 Å². The molecule has 7 nitrogen and oxygen atoms in total. The fourth-order valence-electron chi connectivity index (χ4n) is 3.84. The van der Waals surface area contributed by atoms with Crippen molar-refractivity contribution in [2.75, 3.05) is 25.5 Å². The van der Waals surface area contributed by atoms with Crippen molar-refractivity contribution in [2.24, 2.45) is 0 Å². The Labute approximate surface area is 220 Å². The summed E-state index contributed by atoms with van der Waals surface area (Å²) in [6.07, 6.45) is 0.384. The molecule has 0 unspecified atom stereocenters. The summed E-state index contributed by atoms with van der Waals surface area (Å²) >= 11 is 1.56. The summed E-state index contributed by atoms with van der Waals surface area (Å²) in [5, 5.41) is 12.1. The molecular formula is C29H30N4O3S. The van der Waals surface area contributed by atoms with Crippen LogP contribution in [0.2, 0.25) is 0 Å². The van der Waals surface area contributed by atoms with E-state index in [-0.39, 0.29) is 11.8 Å². The van der Waals surface area contributed by atoms with Crippen LogP contribution in [0.5, 0.6) is 5.75 Å². The molecule has 0 saturated carbocycles. The lowest BCUT2D eigenvalue weighted by atomic mass is 10.0. The van der Waals surface area contributed by atoms with Crippen LogP contribution in [0.3, 0.4) is 0 Å². The van der Waals surface area contributed by atoms with E-state index in [9.17, 15) is 9.59 Å². The van der Waals surface area contributed by atoms with Crippen LogP contribution in [0.1, 0.15) is 20.9 Å². The highest BCUT2D eigenvalue weighted by atomic mass is 32.1. The second-order valence-corrected chi connectivity index (χ2v) is 9.56. The van der Waals surface area contributed by atoms with E-state index in [1.165, 1.54) is 0 Å². The van der Waals surface area contributed by atoms with Gasteiger partial charge in [0, 0.05) is 41.7 Å². The van der Waals surface area contributed by atoms with Gasteiger partial charge in [-0.15, -0.1) is 11.3 Å². The standard InChI is InChI=1S/C29H30N4O3S/c1-20-32-27(19-37-20)22-9-6-10-23(18-22)28(34)33-26(17-21-7-4-3-5-8-21)29(35)31-16-15-30-24-11-13-25(36-2)14-12-24/h3-14,18-19,26,30H,15-17H2,1-2H3,(H,31,35)(H,33,34)/t26-/m0/s1. The first-order valence-corrected chi connectivity index (χ1v) is 12.9. The number of anilines is 1. The van der Waals surface area contributed by atoms with E-state index in [4.69, 9.17) is 4.74 Å². The zero-order valence-electron chi connectivity index (χ0n) is 20.9. The summed E-state index contributed by atoms with van der Waals surface area (Å²) in [6.45, 7) is 2.90. The van der Waals surface area contributed by atoms with E-state index in [0.717, 1.165) is 33.3 Å². The molecule has 0 saturated heterocycles. The van der Waals surface area contributed by atoms with Crippen molar-refractivity contribution in [3.63, 3.8) is 0 Å². The van der Waals surface area contributed by atoms with Gasteiger partial charge in [0.25, 0.3) is 5.91 Å². The number of nitrogens with zero attached hydrogens (tertiary/aromatic N) is 1. The second kappa shape index (κ2) is 12.7. The molecule has 0 aliphatic heterocycles. The maximum absolute atomic E-state index is 13.2. The molecule has 1 atom stereocenters. The minimum absolute atomic E-state index is 0.236. The van der Waals surface area contributed by atoms with Crippen LogP contribution in [0, 0.1) is 6.92 Å². The average molecular weight is 515 g/mol. The largest absolute Gasteiger partial charge is 0.497 e. The third-order valence-corrected chi connectivity index (χ3v) is 6.56. The van der Waals surface area contributed by atoms with Gasteiger partial charge in [-0.3, -0.25) is 9.59 Å². The molecule has 0 fully saturated rings. The number of nitrogens with one attached hydrogen (secondary N) is 3. The summed E-state index contributed by atoms with van der Waals surface area (Å²) in [4.78, 5) is 30.8. The minimum atomic E-state index is -0.721. The summed E-state index contributed by atoms with van der Waals surface area (Å²) in [7, 11) is 1.63. The number of thiazole rings is 1. The SMILES string of the molecule is COc1ccc(NCCNC(=O)[C@H](Cc2ccccc2)NC(=O)c2cccc(-c3csc(C)n3)c2)cc1. The van der Waals surface area contributed by atoms with Gasteiger partial charge in [-0.25, -0.2) is 4.98 Å². The van der Waals surface area contributed by atoms with Crippen LogP contribution in [0.15, 0.2) is 84.2 Å². The molecule has 8 heteroatoms. The van der Waals surface area contributed by atoms with Gasteiger partial charge in [-0.2, -0.15) is 0 Å². The molecule has 1 aromatic heterocycles. The molecule has 0 aliphatic rings. The van der Waals surface area contributed by atoms with Crippen molar-refractivity contribution in [2.45, 2.75) is 19.4 Å². The normalized spacial score (nSPS) is 11.4. The number of benzene rings is 3. The maximum atomic E-state index is 13.2. The van der Waals surface area contributed by atoms with Gasteiger partial charge in [-0.1, -0.05) is 42.5 Å². The van der Waals surface area contributed by atoms with Crippen molar-refractivity contribution >= 4 is 28.8 Å². The van der Waals surface area contributed by atoms with Gasteiger partial charge >= 0.3 is 0 Å². The van der Waals surface area contributed by atoms with Gasteiger partial charge in [0.05, 0.1) is 17.8 Å². The van der Waals surface area contributed by atoms with E-state index in [1.54, 1.807) is 30.6 Å². The van der Waals surface area contributed by atoms with Gasteiger partial charge in [0.1, 0.15) is 11.8 Å². The number of ether oxygens (including phenoxy) is 1. The van der Waals surface area contributed by atoms with Crippen LogP contribution in [-0.4, -0.2) is 43.0 Å². The van der Waals surface area contributed by atoms with Gasteiger partial charge < -0.3 is 20.7 Å². The Bertz CT molecular complexity index is 1320. The molecule has 0 aliphatic carbocycles. The van der Waals surface area contributed by atoms with Crippen LogP contribution in [-0.2, 0) is 11.2 Å². The first-order chi connectivity index (χ1) is 18.0. The molecule has 4 rings (SSSR count). The number of amides is 2. The van der Waals surface area contributed by atoms with Crippen molar-refractivity contribution in [3.05, 3.63) is 100 Å². The Morgan fingerprint density at radius 1 is 0.973 bits per heavy atom. The van der Waals surface area contributed by atoms with Gasteiger partial charge in [0.2, 0.25) is 5.91 Å². The van der Waals surface area contributed by atoms with Gasteiger partial charge in [0.15, 0.2) is 0 Å². The van der Waals surface area contributed by atoms with Crippen LogP contribution in [0.25, 0.3) is 11.3 Å². The molecule has 0 radical (unpaired) electrons. The van der Waals surface area contributed by atoms with E-state index >= 15 is 0 Å². The Balaban J connectivity index is 1.39. The molecule has 2 amide bonds. The predicted octanol–water partition coefficient (Wildman–Crippen LogP) is 4.70. The molecule has 0 spiro atoms. The first-order valence-electron chi connectivity index (χ1n) is 12.0. The predicted molar refractivity (Wildman–Crippen MR) is 148 cm³/mol. The second-order valence-electron chi connectivity index (χ2n) is 8.49. The minimum Gasteiger partial charge on any atom is -0.497 e. The first kappa shape index (κ1) is 25.9. The zero-order chi connectivity index (χ0) is 26.0. The number of carbonyl (C=O) groups excluding carboxylic acids is 2. The Morgan fingerprint density at radius 2 is 1.76 bits per heavy atom. The molecule has 37 heavy (non-hydrogen) atoms. The van der Waals surface area contributed by atoms with E-state index < -0.39 is 6.04 Å². The molecule has 190 valence electrons. The highest BCUT2D eigenvalue weighted by Crippen LogP contribution is 2.22. The van der Waals surface area contributed by atoms with Crippen molar-refractivity contribution in [3.8, 4) is 17.0 Å². The third-order valence-electron chi connectivity index (χ3n) is 5.79. The number of aryl methyl sites for hydroxylation is 1. The zero-order valence-corrected chi connectivity index (χ0v) is 21.7. The lowest BCUT2D eigenvalue weighted by molar-refractivity contribution is -0.122. The lowest BCUT2D eigenvalue weighted by Gasteiger charge is -2.19. The number of hydrogen-bond acceptors (Lipinski definition) is 6. The summed E-state index contributed by atoms with van der Waals surface area (Å²) in [6, 6.07) is 23.8. The Kier molecular flexibility index (Phi) is 8.89.